The van der Waals surface area contributed by atoms with Crippen LogP contribution >= 0.6 is 0 Å². The summed E-state index contributed by atoms with van der Waals surface area (Å²) in [5.41, 5.74) is 3.11. The number of hydrogen-bond donors (Lipinski definition) is 0. The molecule has 1 saturated heterocycles. The average molecular weight is 402 g/mol. The lowest BCUT2D eigenvalue weighted by Gasteiger charge is -2.35. The van der Waals surface area contributed by atoms with E-state index in [1.807, 2.05) is 91.0 Å². The average Bonchev–Trinajstić information content (AvgIpc) is 2.80. The molecule has 1 heterocycles. The molecule has 3 atom stereocenters. The Labute approximate surface area is 177 Å². The normalized spacial score (nSPS) is 21.5. The summed E-state index contributed by atoms with van der Waals surface area (Å²) >= 11 is 0. The quantitative estimate of drug-likeness (QED) is 0.538. The second-order valence-corrected chi connectivity index (χ2v) is 7.46. The summed E-state index contributed by atoms with van der Waals surface area (Å²) in [5.74, 6) is 0.0549. The van der Waals surface area contributed by atoms with E-state index in [1.54, 1.807) is 0 Å². The van der Waals surface area contributed by atoms with E-state index in [-0.39, 0.29) is 11.9 Å². The van der Waals surface area contributed by atoms with Gasteiger partial charge in [-0.15, -0.1) is 0 Å². The van der Waals surface area contributed by atoms with Crippen LogP contribution < -0.4 is 0 Å². The molecule has 0 aliphatic carbocycles. The van der Waals surface area contributed by atoms with Crippen LogP contribution in [0.15, 0.2) is 91.0 Å². The molecule has 3 aromatic rings. The fourth-order valence-corrected chi connectivity index (χ4v) is 3.66. The first-order valence-electron chi connectivity index (χ1n) is 10.3. The van der Waals surface area contributed by atoms with E-state index < -0.39 is 12.2 Å². The summed E-state index contributed by atoms with van der Waals surface area (Å²) in [4.78, 5) is 13.0. The molecule has 0 spiro atoms. The number of benzene rings is 3. The highest BCUT2D eigenvalue weighted by Crippen LogP contribution is 2.31. The summed E-state index contributed by atoms with van der Waals surface area (Å²) in [7, 11) is 0. The van der Waals surface area contributed by atoms with Gasteiger partial charge >= 0.3 is 0 Å². The van der Waals surface area contributed by atoms with E-state index in [0.29, 0.717) is 26.2 Å². The first-order chi connectivity index (χ1) is 14.8. The number of rotatable bonds is 8. The molecule has 30 heavy (non-hydrogen) atoms. The monoisotopic (exact) mass is 402 g/mol. The van der Waals surface area contributed by atoms with Gasteiger partial charge in [0.05, 0.1) is 25.9 Å². The third-order valence-corrected chi connectivity index (χ3v) is 5.22. The molecule has 1 aliphatic heterocycles. The standard InChI is InChI=1S/C26H26O4/c27-23-16-24(22-14-8-3-9-15-22)30-25(19-28-17-20-10-4-1-5-11-20)26(23)29-18-21-12-6-2-7-13-21/h1-15,24-26H,16-19H2/t24-,25+,26-/m0/s1. The summed E-state index contributed by atoms with van der Waals surface area (Å²) in [6.07, 6.45) is -1.07. The minimum absolute atomic E-state index is 0.0549. The van der Waals surface area contributed by atoms with Gasteiger partial charge in [0, 0.05) is 6.42 Å². The molecule has 0 amide bonds. The Balaban J connectivity index is 1.44. The van der Waals surface area contributed by atoms with Crippen LogP contribution in [0.25, 0.3) is 0 Å². The molecule has 4 heteroatoms. The van der Waals surface area contributed by atoms with Gasteiger partial charge in [0.15, 0.2) is 5.78 Å². The van der Waals surface area contributed by atoms with Crippen LogP contribution in [0.1, 0.15) is 29.2 Å². The molecule has 0 saturated carbocycles. The van der Waals surface area contributed by atoms with Gasteiger partial charge in [-0.05, 0) is 16.7 Å². The summed E-state index contributed by atoms with van der Waals surface area (Å²) in [6, 6.07) is 29.7. The molecule has 0 unspecified atom stereocenters. The summed E-state index contributed by atoms with van der Waals surface area (Å²) in [5, 5.41) is 0. The molecule has 3 aromatic carbocycles. The van der Waals surface area contributed by atoms with E-state index in [0.717, 1.165) is 16.7 Å². The SMILES string of the molecule is O=C1C[C@@H](c2ccccc2)O[C@H](COCc2ccccc2)[C@H]1OCc1ccccc1. The number of Topliss-reactive ketones (excluding diaryl/α,β-unsaturated/α-hetero) is 1. The molecule has 1 aliphatic rings. The summed E-state index contributed by atoms with van der Waals surface area (Å²) in [6.45, 7) is 1.13. The Morgan fingerprint density at radius 3 is 1.97 bits per heavy atom. The number of ether oxygens (including phenoxy) is 3. The van der Waals surface area contributed by atoms with Crippen molar-refractivity contribution in [3.05, 3.63) is 108 Å². The third-order valence-electron chi connectivity index (χ3n) is 5.22. The van der Waals surface area contributed by atoms with Crippen molar-refractivity contribution >= 4 is 5.78 Å². The first kappa shape index (κ1) is 20.5. The maximum Gasteiger partial charge on any atom is 0.167 e. The van der Waals surface area contributed by atoms with Crippen molar-refractivity contribution in [2.45, 2.75) is 37.9 Å². The third kappa shape index (κ3) is 5.42. The minimum Gasteiger partial charge on any atom is -0.374 e. The molecule has 0 N–H and O–H groups in total. The van der Waals surface area contributed by atoms with Crippen LogP contribution in [0.3, 0.4) is 0 Å². The van der Waals surface area contributed by atoms with Crippen LogP contribution in [-0.2, 0) is 32.2 Å². The second kappa shape index (κ2) is 10.3. The molecular weight excluding hydrogens is 376 g/mol. The van der Waals surface area contributed by atoms with Gasteiger partial charge < -0.3 is 14.2 Å². The predicted octanol–water partition coefficient (Wildman–Crippen LogP) is 4.89. The van der Waals surface area contributed by atoms with Crippen LogP contribution in [0, 0.1) is 0 Å². The van der Waals surface area contributed by atoms with Crippen molar-refractivity contribution in [1.82, 2.24) is 0 Å². The van der Waals surface area contributed by atoms with Gasteiger partial charge in [-0.3, -0.25) is 4.79 Å². The fraction of sp³-hybridized carbons (Fsp3) is 0.269. The highest BCUT2D eigenvalue weighted by atomic mass is 16.6. The van der Waals surface area contributed by atoms with Crippen molar-refractivity contribution < 1.29 is 19.0 Å². The van der Waals surface area contributed by atoms with Gasteiger partial charge in [-0.2, -0.15) is 0 Å². The van der Waals surface area contributed by atoms with Crippen molar-refractivity contribution in [3.8, 4) is 0 Å². The van der Waals surface area contributed by atoms with Gasteiger partial charge in [0.2, 0.25) is 0 Å². The maximum atomic E-state index is 13.0. The molecule has 154 valence electrons. The van der Waals surface area contributed by atoms with E-state index in [2.05, 4.69) is 0 Å². The smallest absolute Gasteiger partial charge is 0.167 e. The molecule has 4 rings (SSSR count). The summed E-state index contributed by atoms with van der Waals surface area (Å²) < 4.78 is 18.3. The topological polar surface area (TPSA) is 44.8 Å². The number of hydrogen-bond acceptors (Lipinski definition) is 4. The highest BCUT2D eigenvalue weighted by molar-refractivity contribution is 5.85. The number of ketones is 1. The molecule has 1 fully saturated rings. The van der Waals surface area contributed by atoms with E-state index in [9.17, 15) is 4.79 Å². The van der Waals surface area contributed by atoms with Crippen molar-refractivity contribution in [2.75, 3.05) is 6.61 Å². The molecule has 4 nitrogen and oxygen atoms in total. The predicted molar refractivity (Wildman–Crippen MR) is 115 cm³/mol. The van der Waals surface area contributed by atoms with Gasteiger partial charge in [0.1, 0.15) is 12.2 Å². The largest absolute Gasteiger partial charge is 0.374 e. The Morgan fingerprint density at radius 2 is 1.33 bits per heavy atom. The lowest BCUT2D eigenvalue weighted by Crippen LogP contribution is -2.46. The molecular formula is C26H26O4. The minimum atomic E-state index is -0.638. The van der Waals surface area contributed by atoms with E-state index in [1.165, 1.54) is 0 Å². The molecule has 0 radical (unpaired) electrons. The Morgan fingerprint density at radius 1 is 0.767 bits per heavy atom. The zero-order chi connectivity index (χ0) is 20.6. The van der Waals surface area contributed by atoms with Gasteiger partial charge in [0.25, 0.3) is 0 Å². The Bertz CT molecular complexity index is 912. The zero-order valence-corrected chi connectivity index (χ0v) is 16.9. The van der Waals surface area contributed by atoms with Crippen LogP contribution in [0.4, 0.5) is 0 Å². The number of carbonyl (C=O) groups excluding carboxylic acids is 1. The van der Waals surface area contributed by atoms with E-state index in [4.69, 9.17) is 14.2 Å². The van der Waals surface area contributed by atoms with Crippen LogP contribution in [0.2, 0.25) is 0 Å². The second-order valence-electron chi connectivity index (χ2n) is 7.46. The maximum absolute atomic E-state index is 13.0. The van der Waals surface area contributed by atoms with Gasteiger partial charge in [-0.25, -0.2) is 0 Å². The molecule has 0 aromatic heterocycles. The fourth-order valence-electron chi connectivity index (χ4n) is 3.66. The highest BCUT2D eigenvalue weighted by Gasteiger charge is 2.39. The lowest BCUT2D eigenvalue weighted by atomic mass is 9.95. The van der Waals surface area contributed by atoms with Crippen molar-refractivity contribution in [3.63, 3.8) is 0 Å². The van der Waals surface area contributed by atoms with E-state index >= 15 is 0 Å². The van der Waals surface area contributed by atoms with Gasteiger partial charge in [-0.1, -0.05) is 91.0 Å². The Kier molecular flexibility index (Phi) is 7.03. The first-order valence-corrected chi connectivity index (χ1v) is 10.3. The van der Waals surface area contributed by atoms with Crippen molar-refractivity contribution in [1.29, 1.82) is 0 Å². The van der Waals surface area contributed by atoms with Crippen LogP contribution in [0.5, 0.6) is 0 Å². The Hall–Kier alpha value is -2.79. The van der Waals surface area contributed by atoms with Crippen LogP contribution in [-0.4, -0.2) is 24.6 Å². The van der Waals surface area contributed by atoms with Crippen molar-refractivity contribution in [2.24, 2.45) is 0 Å². The number of carbonyl (C=O) groups is 1. The lowest BCUT2D eigenvalue weighted by molar-refractivity contribution is -0.179. The molecule has 0 bridgehead atoms. The zero-order valence-electron chi connectivity index (χ0n) is 16.9.